The number of rotatable bonds is 4. The van der Waals surface area contributed by atoms with Crippen LogP contribution >= 0.6 is 0 Å². The Hall–Kier alpha value is -1.71. The van der Waals surface area contributed by atoms with Crippen LogP contribution in [0.15, 0.2) is 18.2 Å². The van der Waals surface area contributed by atoms with Gasteiger partial charge in [-0.15, -0.1) is 0 Å². The van der Waals surface area contributed by atoms with Crippen LogP contribution in [0.1, 0.15) is 49.9 Å². The molecule has 4 nitrogen and oxygen atoms in total. The number of nitrogens with two attached hydrogens (primary N) is 1. The van der Waals surface area contributed by atoms with Gasteiger partial charge in [0, 0.05) is 18.7 Å². The van der Waals surface area contributed by atoms with Crippen molar-refractivity contribution in [1.82, 2.24) is 5.32 Å². The molecule has 0 aromatic heterocycles. The van der Waals surface area contributed by atoms with Gasteiger partial charge >= 0.3 is 0 Å². The molecule has 1 aliphatic carbocycles. The van der Waals surface area contributed by atoms with E-state index in [4.69, 9.17) is 5.73 Å². The number of benzene rings is 1. The van der Waals surface area contributed by atoms with Gasteiger partial charge in [-0.2, -0.15) is 0 Å². The summed E-state index contributed by atoms with van der Waals surface area (Å²) in [4.78, 5) is 11.6. The van der Waals surface area contributed by atoms with E-state index in [0.717, 1.165) is 5.69 Å². The molecule has 4 N–H and O–H groups in total. The second-order valence-electron chi connectivity index (χ2n) is 6.32. The van der Waals surface area contributed by atoms with Crippen LogP contribution in [0.25, 0.3) is 0 Å². The molecular formula is C17H27N3O. The largest absolute Gasteiger partial charge is 0.397 e. The number of carbonyl (C=O) groups is 1. The zero-order chi connectivity index (χ0) is 15.4. The Morgan fingerprint density at radius 2 is 2.00 bits per heavy atom. The average molecular weight is 289 g/mol. The number of carbonyl (C=O) groups excluding carboxylic acids is 1. The molecule has 0 bridgehead atoms. The summed E-state index contributed by atoms with van der Waals surface area (Å²) >= 11 is 0. The molecule has 1 fully saturated rings. The summed E-state index contributed by atoms with van der Waals surface area (Å²) in [6.07, 6.45) is 5.08. The fraction of sp³-hybridized carbons (Fsp3) is 0.588. The lowest BCUT2D eigenvalue weighted by Gasteiger charge is -2.35. The second-order valence-corrected chi connectivity index (χ2v) is 6.32. The molecule has 0 heterocycles. The van der Waals surface area contributed by atoms with Crippen LogP contribution < -0.4 is 16.4 Å². The zero-order valence-electron chi connectivity index (χ0n) is 13.3. The highest BCUT2D eigenvalue weighted by Gasteiger charge is 2.27. The molecule has 116 valence electrons. The van der Waals surface area contributed by atoms with E-state index in [1.54, 1.807) is 13.1 Å². The quantitative estimate of drug-likeness (QED) is 0.745. The lowest BCUT2D eigenvalue weighted by atomic mass is 9.77. The fourth-order valence-corrected chi connectivity index (χ4v) is 3.32. The molecule has 1 saturated carbocycles. The van der Waals surface area contributed by atoms with Crippen molar-refractivity contribution < 1.29 is 4.79 Å². The molecule has 0 radical (unpaired) electrons. The smallest absolute Gasteiger partial charge is 0.251 e. The summed E-state index contributed by atoms with van der Waals surface area (Å²) < 4.78 is 0. The van der Waals surface area contributed by atoms with E-state index in [1.807, 2.05) is 12.1 Å². The Morgan fingerprint density at radius 3 is 2.62 bits per heavy atom. The first kappa shape index (κ1) is 15.7. The van der Waals surface area contributed by atoms with Gasteiger partial charge in [0.1, 0.15) is 0 Å². The number of hydrogen-bond acceptors (Lipinski definition) is 3. The first-order chi connectivity index (χ1) is 10.0. The molecule has 1 aromatic carbocycles. The molecule has 2 atom stereocenters. The van der Waals surface area contributed by atoms with Crippen molar-refractivity contribution in [3.63, 3.8) is 0 Å². The Kier molecular flexibility index (Phi) is 5.10. The van der Waals surface area contributed by atoms with E-state index >= 15 is 0 Å². The first-order valence-corrected chi connectivity index (χ1v) is 7.91. The summed E-state index contributed by atoms with van der Waals surface area (Å²) in [6.45, 7) is 4.59. The molecule has 4 heteroatoms. The second kappa shape index (κ2) is 6.83. The van der Waals surface area contributed by atoms with Gasteiger partial charge in [-0.25, -0.2) is 0 Å². The van der Waals surface area contributed by atoms with Gasteiger partial charge in [-0.3, -0.25) is 4.79 Å². The molecule has 1 amide bonds. The maximum absolute atomic E-state index is 11.6. The number of anilines is 2. The van der Waals surface area contributed by atoms with Gasteiger partial charge in [0.2, 0.25) is 0 Å². The minimum Gasteiger partial charge on any atom is -0.397 e. The van der Waals surface area contributed by atoms with Crippen molar-refractivity contribution >= 4 is 17.3 Å². The highest BCUT2D eigenvalue weighted by Crippen LogP contribution is 2.33. The molecule has 21 heavy (non-hydrogen) atoms. The van der Waals surface area contributed by atoms with E-state index in [9.17, 15) is 4.79 Å². The lowest BCUT2D eigenvalue weighted by Crippen LogP contribution is -2.35. The van der Waals surface area contributed by atoms with Gasteiger partial charge in [0.25, 0.3) is 5.91 Å². The van der Waals surface area contributed by atoms with Crippen LogP contribution in [-0.4, -0.2) is 19.0 Å². The molecule has 1 aromatic rings. The minimum absolute atomic E-state index is 0.106. The standard InChI is InChI=1S/C17H27N3O/c1-11(2)13-6-4-5-7-15(13)20-16-9-8-12(10-14(16)18)17(21)19-3/h8-11,13,15,20H,4-7,18H2,1-3H3,(H,19,21). The Morgan fingerprint density at radius 1 is 1.29 bits per heavy atom. The first-order valence-electron chi connectivity index (χ1n) is 7.91. The molecule has 0 aliphatic heterocycles. The lowest BCUT2D eigenvalue weighted by molar-refractivity contribution is 0.0963. The summed E-state index contributed by atoms with van der Waals surface area (Å²) in [7, 11) is 1.62. The van der Waals surface area contributed by atoms with Crippen molar-refractivity contribution in [3.8, 4) is 0 Å². The normalized spacial score (nSPS) is 22.1. The Labute approximate surface area is 127 Å². The monoisotopic (exact) mass is 289 g/mol. The Bertz CT molecular complexity index is 499. The van der Waals surface area contributed by atoms with Crippen molar-refractivity contribution in [2.45, 2.75) is 45.6 Å². The molecule has 2 rings (SSSR count). The van der Waals surface area contributed by atoms with Crippen molar-refractivity contribution in [2.24, 2.45) is 11.8 Å². The summed E-state index contributed by atoms with van der Waals surface area (Å²) in [5.41, 5.74) is 8.30. The number of nitrogen functional groups attached to an aromatic ring is 1. The van der Waals surface area contributed by atoms with Gasteiger partial charge in [-0.05, 0) is 42.9 Å². The number of hydrogen-bond donors (Lipinski definition) is 3. The summed E-state index contributed by atoms with van der Waals surface area (Å²) in [5.74, 6) is 1.26. The Balaban J connectivity index is 2.13. The van der Waals surface area contributed by atoms with Crippen LogP contribution in [0.5, 0.6) is 0 Å². The molecule has 1 aliphatic rings. The van der Waals surface area contributed by atoms with E-state index in [1.165, 1.54) is 25.7 Å². The fourth-order valence-electron chi connectivity index (χ4n) is 3.32. The van der Waals surface area contributed by atoms with E-state index in [0.29, 0.717) is 29.1 Å². The molecule has 2 unspecified atom stereocenters. The molecule has 0 saturated heterocycles. The third-order valence-electron chi connectivity index (χ3n) is 4.56. The van der Waals surface area contributed by atoms with Crippen LogP contribution in [0.3, 0.4) is 0 Å². The molecule has 0 spiro atoms. The SMILES string of the molecule is CNC(=O)c1ccc(NC2CCCCC2C(C)C)c(N)c1. The topological polar surface area (TPSA) is 67.2 Å². The minimum atomic E-state index is -0.106. The molecular weight excluding hydrogens is 262 g/mol. The predicted octanol–water partition coefficient (Wildman–Crippen LogP) is 3.26. The predicted molar refractivity (Wildman–Crippen MR) is 88.5 cm³/mol. The maximum Gasteiger partial charge on any atom is 0.251 e. The van der Waals surface area contributed by atoms with Gasteiger partial charge in [0.15, 0.2) is 0 Å². The average Bonchev–Trinajstić information content (AvgIpc) is 2.48. The van der Waals surface area contributed by atoms with Crippen LogP contribution in [0, 0.1) is 11.8 Å². The van der Waals surface area contributed by atoms with E-state index in [-0.39, 0.29) is 5.91 Å². The number of amides is 1. The van der Waals surface area contributed by atoms with Crippen molar-refractivity contribution in [2.75, 3.05) is 18.1 Å². The van der Waals surface area contributed by atoms with Gasteiger partial charge < -0.3 is 16.4 Å². The van der Waals surface area contributed by atoms with Gasteiger partial charge in [0.05, 0.1) is 11.4 Å². The van der Waals surface area contributed by atoms with Gasteiger partial charge in [-0.1, -0.05) is 26.7 Å². The summed E-state index contributed by atoms with van der Waals surface area (Å²) in [5, 5.41) is 6.22. The van der Waals surface area contributed by atoms with E-state index < -0.39 is 0 Å². The van der Waals surface area contributed by atoms with E-state index in [2.05, 4.69) is 24.5 Å². The zero-order valence-corrected chi connectivity index (χ0v) is 13.3. The number of nitrogens with one attached hydrogen (secondary N) is 2. The third kappa shape index (κ3) is 3.69. The highest BCUT2D eigenvalue weighted by molar-refractivity contribution is 5.95. The van der Waals surface area contributed by atoms with Crippen LogP contribution in [0.4, 0.5) is 11.4 Å². The van der Waals surface area contributed by atoms with Crippen molar-refractivity contribution in [3.05, 3.63) is 23.8 Å². The highest BCUT2D eigenvalue weighted by atomic mass is 16.1. The third-order valence-corrected chi connectivity index (χ3v) is 4.56. The summed E-state index contributed by atoms with van der Waals surface area (Å²) in [6, 6.07) is 5.97. The van der Waals surface area contributed by atoms with Crippen molar-refractivity contribution in [1.29, 1.82) is 0 Å². The van der Waals surface area contributed by atoms with Crippen LogP contribution in [-0.2, 0) is 0 Å². The maximum atomic E-state index is 11.6. The van der Waals surface area contributed by atoms with Crippen LogP contribution in [0.2, 0.25) is 0 Å².